The molecule has 2 heterocycles. The lowest BCUT2D eigenvalue weighted by molar-refractivity contribution is -0.133. The smallest absolute Gasteiger partial charge is 0.227 e. The first-order valence-corrected chi connectivity index (χ1v) is 7.65. The van der Waals surface area contributed by atoms with Gasteiger partial charge in [-0.3, -0.25) is 4.79 Å². The summed E-state index contributed by atoms with van der Waals surface area (Å²) in [6.07, 6.45) is 4.61. The minimum Gasteiger partial charge on any atom is -0.343 e. The number of carbonyl (C=O) groups excluding carboxylic acids is 1. The molecule has 1 saturated heterocycles. The van der Waals surface area contributed by atoms with Gasteiger partial charge in [-0.25, -0.2) is 8.78 Å². The molecule has 7 heteroatoms. The minimum absolute atomic E-state index is 0.0612. The molecule has 3 rings (SSSR count). The fourth-order valence-corrected chi connectivity index (χ4v) is 2.95. The van der Waals surface area contributed by atoms with Gasteiger partial charge in [0.2, 0.25) is 12.3 Å². The van der Waals surface area contributed by atoms with Gasteiger partial charge in [-0.1, -0.05) is 30.1 Å². The lowest BCUT2D eigenvalue weighted by Crippen LogP contribution is -2.36. The highest BCUT2D eigenvalue weighted by molar-refractivity contribution is 5.79. The summed E-state index contributed by atoms with van der Waals surface area (Å²) in [7, 11) is 0. The summed E-state index contributed by atoms with van der Waals surface area (Å²) in [6, 6.07) is 3.59. The van der Waals surface area contributed by atoms with Crippen molar-refractivity contribution in [3.05, 3.63) is 47.6 Å². The molecule has 1 unspecified atom stereocenters. The van der Waals surface area contributed by atoms with Gasteiger partial charge in [-0.2, -0.15) is 4.98 Å². The van der Waals surface area contributed by atoms with E-state index in [1.807, 2.05) is 0 Å². The first-order chi connectivity index (χ1) is 11.2. The number of nitrogens with zero attached hydrogens (tertiary/aromatic N) is 3. The minimum atomic E-state index is -0.966. The Balaban J connectivity index is 1.82. The second kappa shape index (κ2) is 6.85. The normalized spacial score (nSPS) is 18.7. The van der Waals surface area contributed by atoms with Crippen LogP contribution in [0.1, 0.15) is 43.1 Å². The Labute approximate surface area is 132 Å². The van der Waals surface area contributed by atoms with E-state index in [4.69, 9.17) is 4.52 Å². The van der Waals surface area contributed by atoms with Crippen molar-refractivity contribution in [1.82, 2.24) is 15.0 Å². The zero-order valence-corrected chi connectivity index (χ0v) is 12.5. The van der Waals surface area contributed by atoms with Crippen LogP contribution in [0.2, 0.25) is 0 Å². The first kappa shape index (κ1) is 15.6. The van der Waals surface area contributed by atoms with Crippen LogP contribution in [-0.4, -0.2) is 27.5 Å². The molecule has 1 aromatic carbocycles. The van der Waals surface area contributed by atoms with E-state index in [9.17, 15) is 13.6 Å². The zero-order chi connectivity index (χ0) is 16.2. The molecule has 0 radical (unpaired) electrons. The molecule has 1 amide bonds. The molecular weight excluding hydrogens is 304 g/mol. The van der Waals surface area contributed by atoms with Crippen LogP contribution in [0.15, 0.2) is 29.1 Å². The van der Waals surface area contributed by atoms with Crippen molar-refractivity contribution in [2.75, 3.05) is 6.54 Å². The van der Waals surface area contributed by atoms with Crippen LogP contribution in [0.4, 0.5) is 8.78 Å². The number of carbonyl (C=O) groups is 1. The number of hydrogen-bond acceptors (Lipinski definition) is 4. The molecule has 0 aliphatic carbocycles. The Bertz CT molecular complexity index is 676. The number of hydrogen-bond donors (Lipinski definition) is 0. The summed E-state index contributed by atoms with van der Waals surface area (Å²) in [6.45, 7) is 0.551. The summed E-state index contributed by atoms with van der Waals surface area (Å²) in [5.74, 6) is -1.71. The van der Waals surface area contributed by atoms with E-state index < -0.39 is 11.6 Å². The summed E-state index contributed by atoms with van der Waals surface area (Å²) < 4.78 is 31.9. The Morgan fingerprint density at radius 2 is 2.17 bits per heavy atom. The van der Waals surface area contributed by atoms with Crippen molar-refractivity contribution in [3.8, 4) is 0 Å². The number of benzene rings is 1. The highest BCUT2D eigenvalue weighted by atomic mass is 19.2. The van der Waals surface area contributed by atoms with Crippen molar-refractivity contribution >= 4 is 5.91 Å². The largest absolute Gasteiger partial charge is 0.343 e. The highest BCUT2D eigenvalue weighted by Gasteiger charge is 2.30. The van der Waals surface area contributed by atoms with Crippen molar-refractivity contribution in [2.24, 2.45) is 0 Å². The number of halogens is 2. The molecule has 0 N–H and O–H groups in total. The summed E-state index contributed by atoms with van der Waals surface area (Å²) >= 11 is 0. The summed E-state index contributed by atoms with van der Waals surface area (Å²) in [4.78, 5) is 18.3. The number of aromatic nitrogens is 2. The SMILES string of the molecule is O=C(Cc1cccc(F)c1F)N1CCCCCC1c1ncon1. The van der Waals surface area contributed by atoms with Gasteiger partial charge in [0.25, 0.3) is 0 Å². The topological polar surface area (TPSA) is 59.2 Å². The van der Waals surface area contributed by atoms with Crippen molar-refractivity contribution in [3.63, 3.8) is 0 Å². The number of likely N-dealkylation sites (tertiary alicyclic amines) is 1. The lowest BCUT2D eigenvalue weighted by Gasteiger charge is -2.28. The van der Waals surface area contributed by atoms with Gasteiger partial charge >= 0.3 is 0 Å². The monoisotopic (exact) mass is 321 g/mol. The molecule has 1 aliphatic heterocycles. The second-order valence-corrected chi connectivity index (χ2v) is 5.63. The van der Waals surface area contributed by atoms with E-state index in [-0.39, 0.29) is 23.9 Å². The zero-order valence-electron chi connectivity index (χ0n) is 12.5. The second-order valence-electron chi connectivity index (χ2n) is 5.63. The van der Waals surface area contributed by atoms with E-state index >= 15 is 0 Å². The number of rotatable bonds is 3. The van der Waals surface area contributed by atoms with Crippen LogP contribution in [0.3, 0.4) is 0 Å². The molecule has 1 fully saturated rings. The molecule has 1 atom stereocenters. The highest BCUT2D eigenvalue weighted by Crippen LogP contribution is 2.28. The van der Waals surface area contributed by atoms with E-state index in [1.165, 1.54) is 18.5 Å². The third kappa shape index (κ3) is 3.38. The Kier molecular flexibility index (Phi) is 4.64. The van der Waals surface area contributed by atoms with Gasteiger partial charge in [0, 0.05) is 12.1 Å². The van der Waals surface area contributed by atoms with E-state index in [0.29, 0.717) is 12.4 Å². The molecule has 0 spiro atoms. The number of amides is 1. The Morgan fingerprint density at radius 1 is 1.30 bits per heavy atom. The van der Waals surface area contributed by atoms with Crippen LogP contribution in [0.5, 0.6) is 0 Å². The van der Waals surface area contributed by atoms with Crippen molar-refractivity contribution < 1.29 is 18.1 Å². The van der Waals surface area contributed by atoms with E-state index in [2.05, 4.69) is 10.1 Å². The molecule has 23 heavy (non-hydrogen) atoms. The van der Waals surface area contributed by atoms with Gasteiger partial charge in [0.15, 0.2) is 17.5 Å². The maximum atomic E-state index is 13.8. The summed E-state index contributed by atoms with van der Waals surface area (Å²) in [5, 5.41) is 3.84. The van der Waals surface area contributed by atoms with Crippen LogP contribution in [0.25, 0.3) is 0 Å². The maximum absolute atomic E-state index is 13.8. The third-order valence-corrected chi connectivity index (χ3v) is 4.12. The standard InChI is InChI=1S/C16H17F2N3O2/c17-12-6-4-5-11(15(12)18)9-14(22)21-8-3-1-2-7-13(21)16-19-10-23-20-16/h4-6,10,13H,1-3,7-9H2. The first-order valence-electron chi connectivity index (χ1n) is 7.65. The molecule has 1 aromatic heterocycles. The van der Waals surface area contributed by atoms with Gasteiger partial charge in [-0.15, -0.1) is 0 Å². The molecule has 2 aromatic rings. The van der Waals surface area contributed by atoms with E-state index in [0.717, 1.165) is 31.7 Å². The molecule has 0 saturated carbocycles. The van der Waals surface area contributed by atoms with Crippen LogP contribution in [0, 0.1) is 11.6 Å². The maximum Gasteiger partial charge on any atom is 0.227 e. The average molecular weight is 321 g/mol. The third-order valence-electron chi connectivity index (χ3n) is 4.12. The van der Waals surface area contributed by atoms with Gasteiger partial charge < -0.3 is 9.42 Å². The van der Waals surface area contributed by atoms with Crippen LogP contribution < -0.4 is 0 Å². The fraction of sp³-hybridized carbons (Fsp3) is 0.438. The van der Waals surface area contributed by atoms with E-state index in [1.54, 1.807) is 4.90 Å². The summed E-state index contributed by atoms with van der Waals surface area (Å²) in [5.41, 5.74) is 0.0612. The predicted molar refractivity (Wildman–Crippen MR) is 77.3 cm³/mol. The molecule has 1 aliphatic rings. The quantitative estimate of drug-likeness (QED) is 0.872. The van der Waals surface area contributed by atoms with Gasteiger partial charge in [-0.05, 0) is 18.9 Å². The molecule has 122 valence electrons. The molecular formula is C16H17F2N3O2. The fourth-order valence-electron chi connectivity index (χ4n) is 2.95. The van der Waals surface area contributed by atoms with Crippen molar-refractivity contribution in [2.45, 2.75) is 38.1 Å². The van der Waals surface area contributed by atoms with Crippen LogP contribution in [-0.2, 0) is 11.2 Å². The van der Waals surface area contributed by atoms with Crippen molar-refractivity contribution in [1.29, 1.82) is 0 Å². The average Bonchev–Trinajstić information content (AvgIpc) is 2.96. The Hall–Kier alpha value is -2.31. The Morgan fingerprint density at radius 3 is 2.96 bits per heavy atom. The van der Waals surface area contributed by atoms with Gasteiger partial charge in [0.05, 0.1) is 12.5 Å². The molecule has 0 bridgehead atoms. The lowest BCUT2D eigenvalue weighted by atomic mass is 10.1. The predicted octanol–water partition coefficient (Wildman–Crippen LogP) is 3.03. The van der Waals surface area contributed by atoms with Crippen LogP contribution >= 0.6 is 0 Å². The van der Waals surface area contributed by atoms with Gasteiger partial charge in [0.1, 0.15) is 0 Å². The molecule has 5 nitrogen and oxygen atoms in total.